The maximum atomic E-state index is 9.18. The first-order chi connectivity index (χ1) is 16.9. The lowest BCUT2D eigenvalue weighted by atomic mass is 9.80. The maximum Gasteiger partial charge on any atom is 0.0457 e. The summed E-state index contributed by atoms with van der Waals surface area (Å²) in [5.41, 5.74) is 10.7. The molecule has 0 saturated carbocycles. The predicted molar refractivity (Wildman–Crippen MR) is 152 cm³/mol. The van der Waals surface area contributed by atoms with E-state index in [1.54, 1.807) is 0 Å². The molecule has 0 unspecified atom stereocenters. The molecule has 0 aliphatic heterocycles. The normalized spacial score (nSPS) is 14.8. The van der Waals surface area contributed by atoms with Crippen LogP contribution in [0.15, 0.2) is 91.0 Å². The molecular weight excluding hydrogens is 422 g/mol. The molecule has 1 nitrogen and oxygen atoms in total. The van der Waals surface area contributed by atoms with E-state index < -0.39 is 5.89 Å². The standard InChI is InChI=1S/C34H37N/c1-23(2)28-21-31-29(27-18-11-12-19-30(27)34(31,6)7)22-32(28)35(33(3,4)5)26-17-13-16-25(20-26)24-14-9-8-10-15-24/h8-23H,1-7H3/i23D. The van der Waals surface area contributed by atoms with Crippen molar-refractivity contribution in [3.05, 3.63) is 108 Å². The molecule has 0 spiro atoms. The van der Waals surface area contributed by atoms with Gasteiger partial charge in [-0.25, -0.2) is 0 Å². The first-order valence-electron chi connectivity index (χ1n) is 13.1. The molecule has 35 heavy (non-hydrogen) atoms. The Bertz CT molecular complexity index is 1420. The minimum atomic E-state index is -0.754. The van der Waals surface area contributed by atoms with Crippen molar-refractivity contribution in [2.45, 2.75) is 65.3 Å². The van der Waals surface area contributed by atoms with E-state index in [1.165, 1.54) is 33.4 Å². The Hall–Kier alpha value is -3.32. The van der Waals surface area contributed by atoms with Crippen LogP contribution in [0, 0.1) is 0 Å². The summed E-state index contributed by atoms with van der Waals surface area (Å²) in [5.74, 6) is -0.754. The highest BCUT2D eigenvalue weighted by Gasteiger charge is 2.37. The van der Waals surface area contributed by atoms with Crippen molar-refractivity contribution < 1.29 is 1.37 Å². The van der Waals surface area contributed by atoms with Gasteiger partial charge in [0.2, 0.25) is 0 Å². The second kappa shape index (κ2) is 8.41. The molecule has 0 amide bonds. The van der Waals surface area contributed by atoms with Crippen LogP contribution in [0.3, 0.4) is 0 Å². The number of anilines is 2. The molecule has 0 fully saturated rings. The quantitative estimate of drug-likeness (QED) is 0.293. The molecule has 0 atom stereocenters. The Balaban J connectivity index is 1.78. The van der Waals surface area contributed by atoms with E-state index in [9.17, 15) is 1.37 Å². The Morgan fingerprint density at radius 1 is 0.714 bits per heavy atom. The van der Waals surface area contributed by atoms with Crippen molar-refractivity contribution in [3.8, 4) is 22.3 Å². The topological polar surface area (TPSA) is 3.24 Å². The second-order valence-electron chi connectivity index (χ2n) is 11.5. The van der Waals surface area contributed by atoms with Gasteiger partial charge in [-0.15, -0.1) is 0 Å². The SMILES string of the molecule is [2H]C(C)(C)c1cc2c(cc1N(c1cccc(-c3ccccc3)c1)C(C)(C)C)-c1ccccc1C2(C)C. The number of rotatable bonds is 4. The van der Waals surface area contributed by atoms with Gasteiger partial charge < -0.3 is 4.90 Å². The van der Waals surface area contributed by atoms with Gasteiger partial charge in [0, 0.05) is 23.7 Å². The molecule has 1 heteroatoms. The molecule has 0 heterocycles. The molecule has 0 saturated heterocycles. The van der Waals surface area contributed by atoms with Gasteiger partial charge in [0.1, 0.15) is 0 Å². The fraction of sp³-hybridized carbons (Fsp3) is 0.294. The summed E-state index contributed by atoms with van der Waals surface area (Å²) in [6, 6.07) is 32.8. The van der Waals surface area contributed by atoms with Gasteiger partial charge >= 0.3 is 0 Å². The molecule has 178 valence electrons. The van der Waals surface area contributed by atoms with Crippen LogP contribution in [-0.4, -0.2) is 5.54 Å². The molecule has 5 rings (SSSR count). The number of fused-ring (bicyclic) bond motifs is 3. The maximum absolute atomic E-state index is 9.18. The van der Waals surface area contributed by atoms with E-state index in [0.29, 0.717) is 0 Å². The van der Waals surface area contributed by atoms with Crippen LogP contribution in [0.25, 0.3) is 22.3 Å². The summed E-state index contributed by atoms with van der Waals surface area (Å²) in [4.78, 5) is 2.43. The van der Waals surface area contributed by atoms with E-state index in [4.69, 9.17) is 0 Å². The van der Waals surface area contributed by atoms with Crippen molar-refractivity contribution >= 4 is 11.4 Å². The van der Waals surface area contributed by atoms with Crippen molar-refractivity contribution in [2.75, 3.05) is 4.90 Å². The molecular formula is C34H37N. The Morgan fingerprint density at radius 3 is 2.06 bits per heavy atom. The van der Waals surface area contributed by atoms with Crippen molar-refractivity contribution in [2.24, 2.45) is 0 Å². The summed E-state index contributed by atoms with van der Waals surface area (Å²) >= 11 is 0. The molecule has 0 N–H and O–H groups in total. The zero-order chi connectivity index (χ0) is 25.9. The Morgan fingerprint density at radius 2 is 1.37 bits per heavy atom. The lowest BCUT2D eigenvalue weighted by Gasteiger charge is -2.40. The highest BCUT2D eigenvalue weighted by atomic mass is 15.2. The molecule has 0 bridgehead atoms. The van der Waals surface area contributed by atoms with E-state index in [0.717, 1.165) is 16.9 Å². The monoisotopic (exact) mass is 460 g/mol. The third-order valence-corrected chi connectivity index (χ3v) is 7.36. The van der Waals surface area contributed by atoms with Gasteiger partial charge in [-0.05, 0) is 83.8 Å². The van der Waals surface area contributed by atoms with Gasteiger partial charge in [-0.1, -0.05) is 100 Å². The average molecular weight is 461 g/mol. The fourth-order valence-corrected chi connectivity index (χ4v) is 5.66. The second-order valence-corrected chi connectivity index (χ2v) is 11.5. The van der Waals surface area contributed by atoms with E-state index in [-0.39, 0.29) is 11.0 Å². The smallest absolute Gasteiger partial charge is 0.0457 e. The summed E-state index contributed by atoms with van der Waals surface area (Å²) < 4.78 is 9.18. The first kappa shape index (κ1) is 22.2. The summed E-state index contributed by atoms with van der Waals surface area (Å²) in [5, 5.41) is 0. The zero-order valence-electron chi connectivity index (χ0n) is 23.1. The first-order valence-corrected chi connectivity index (χ1v) is 12.6. The number of nitrogens with zero attached hydrogens (tertiary/aromatic N) is 1. The average Bonchev–Trinajstić information content (AvgIpc) is 3.05. The molecule has 0 radical (unpaired) electrons. The highest BCUT2D eigenvalue weighted by molar-refractivity contribution is 5.86. The van der Waals surface area contributed by atoms with E-state index in [1.807, 2.05) is 13.8 Å². The molecule has 0 aromatic heterocycles. The van der Waals surface area contributed by atoms with Crippen LogP contribution >= 0.6 is 0 Å². The van der Waals surface area contributed by atoms with Crippen LogP contribution in [-0.2, 0) is 5.41 Å². The molecule has 4 aromatic carbocycles. The van der Waals surface area contributed by atoms with Crippen molar-refractivity contribution in [1.29, 1.82) is 0 Å². The van der Waals surface area contributed by atoms with Gasteiger partial charge in [0.05, 0.1) is 0 Å². The van der Waals surface area contributed by atoms with Crippen LogP contribution in [0.5, 0.6) is 0 Å². The van der Waals surface area contributed by atoms with Crippen LogP contribution in [0.2, 0.25) is 0 Å². The van der Waals surface area contributed by atoms with E-state index >= 15 is 0 Å². The van der Waals surface area contributed by atoms with E-state index in [2.05, 4.69) is 131 Å². The molecule has 1 aliphatic carbocycles. The fourth-order valence-electron chi connectivity index (χ4n) is 5.66. The summed E-state index contributed by atoms with van der Waals surface area (Å²) in [6.45, 7) is 15.4. The summed E-state index contributed by atoms with van der Waals surface area (Å²) in [6.07, 6.45) is 0. The number of hydrogen-bond donors (Lipinski definition) is 0. The lowest BCUT2D eigenvalue weighted by Crippen LogP contribution is -2.38. The minimum absolute atomic E-state index is 0.0930. The highest BCUT2D eigenvalue weighted by Crippen LogP contribution is 2.52. The van der Waals surface area contributed by atoms with Crippen molar-refractivity contribution in [3.63, 3.8) is 0 Å². The van der Waals surface area contributed by atoms with Crippen LogP contribution < -0.4 is 4.90 Å². The zero-order valence-corrected chi connectivity index (χ0v) is 22.1. The minimum Gasteiger partial charge on any atom is -0.336 e. The van der Waals surface area contributed by atoms with Crippen molar-refractivity contribution in [1.82, 2.24) is 0 Å². The van der Waals surface area contributed by atoms with Gasteiger partial charge in [-0.3, -0.25) is 0 Å². The number of hydrogen-bond acceptors (Lipinski definition) is 1. The third-order valence-electron chi connectivity index (χ3n) is 7.36. The van der Waals surface area contributed by atoms with Gasteiger partial charge in [-0.2, -0.15) is 0 Å². The summed E-state index contributed by atoms with van der Waals surface area (Å²) in [7, 11) is 0. The van der Waals surface area contributed by atoms with Gasteiger partial charge in [0.25, 0.3) is 0 Å². The lowest BCUT2D eigenvalue weighted by molar-refractivity contribution is 0.557. The Labute approximate surface area is 212 Å². The Kier molecular flexibility index (Phi) is 5.33. The predicted octanol–water partition coefficient (Wildman–Crippen LogP) is 9.72. The molecule has 4 aromatic rings. The number of benzene rings is 4. The largest absolute Gasteiger partial charge is 0.336 e. The third kappa shape index (κ3) is 3.97. The van der Waals surface area contributed by atoms with Crippen LogP contribution in [0.4, 0.5) is 11.4 Å². The molecule has 1 aliphatic rings. The van der Waals surface area contributed by atoms with Gasteiger partial charge in [0.15, 0.2) is 0 Å². The van der Waals surface area contributed by atoms with Crippen LogP contribution in [0.1, 0.15) is 72.4 Å².